The Morgan fingerprint density at radius 1 is 1.06 bits per heavy atom. The second-order valence-electron chi connectivity index (χ2n) is 8.76. The van der Waals surface area contributed by atoms with Crippen molar-refractivity contribution >= 4 is 23.1 Å². The van der Waals surface area contributed by atoms with Gasteiger partial charge in [0.15, 0.2) is 0 Å². The molecular formula is C23H29F3N4O. The van der Waals surface area contributed by atoms with Crippen LogP contribution >= 0.6 is 0 Å². The molecule has 0 bridgehead atoms. The summed E-state index contributed by atoms with van der Waals surface area (Å²) in [6.45, 7) is 2.04. The Morgan fingerprint density at radius 3 is 2.58 bits per heavy atom. The van der Waals surface area contributed by atoms with Crippen LogP contribution in [0, 0.1) is 5.92 Å². The van der Waals surface area contributed by atoms with Gasteiger partial charge in [0.1, 0.15) is 5.82 Å². The van der Waals surface area contributed by atoms with Gasteiger partial charge in [-0.25, -0.2) is 9.97 Å². The first-order valence-corrected chi connectivity index (χ1v) is 11.3. The maximum absolute atomic E-state index is 13.4. The van der Waals surface area contributed by atoms with Crippen molar-refractivity contribution in [3.8, 4) is 0 Å². The molecule has 1 saturated heterocycles. The fourth-order valence-electron chi connectivity index (χ4n) is 4.99. The number of hydrogen-bond acceptors (Lipinski definition) is 4. The van der Waals surface area contributed by atoms with Gasteiger partial charge >= 0.3 is 6.18 Å². The molecule has 1 atom stereocenters. The van der Waals surface area contributed by atoms with E-state index in [9.17, 15) is 18.0 Å². The highest BCUT2D eigenvalue weighted by atomic mass is 19.4. The largest absolute Gasteiger partial charge is 0.451 e. The monoisotopic (exact) mass is 434 g/mol. The van der Waals surface area contributed by atoms with E-state index in [0.717, 1.165) is 38.5 Å². The first kappa shape index (κ1) is 21.8. The fourth-order valence-corrected chi connectivity index (χ4v) is 4.99. The van der Waals surface area contributed by atoms with Gasteiger partial charge in [0.05, 0.1) is 5.52 Å². The average Bonchev–Trinajstić information content (AvgIpc) is 2.79. The number of piperidine rings is 1. The molecule has 1 aliphatic carbocycles. The number of halogens is 3. The van der Waals surface area contributed by atoms with E-state index < -0.39 is 12.0 Å². The smallest absolute Gasteiger partial charge is 0.356 e. The second-order valence-corrected chi connectivity index (χ2v) is 8.76. The summed E-state index contributed by atoms with van der Waals surface area (Å²) in [5.74, 6) is -0.405. The molecule has 2 heterocycles. The minimum atomic E-state index is -4.58. The molecule has 2 aromatic rings. The van der Waals surface area contributed by atoms with Gasteiger partial charge in [-0.05, 0) is 50.2 Å². The van der Waals surface area contributed by atoms with Crippen LogP contribution in [0.5, 0.6) is 0 Å². The van der Waals surface area contributed by atoms with E-state index in [1.807, 2.05) is 9.80 Å². The highest BCUT2D eigenvalue weighted by Gasteiger charge is 2.36. The third-order valence-corrected chi connectivity index (χ3v) is 6.63. The van der Waals surface area contributed by atoms with Crippen molar-refractivity contribution in [1.29, 1.82) is 0 Å². The lowest BCUT2D eigenvalue weighted by Crippen LogP contribution is -2.40. The second kappa shape index (κ2) is 9.40. The molecule has 4 rings (SSSR count). The van der Waals surface area contributed by atoms with Gasteiger partial charge in [0.2, 0.25) is 12.2 Å². The summed E-state index contributed by atoms with van der Waals surface area (Å²) in [4.78, 5) is 23.2. The molecule has 1 amide bonds. The Labute approximate surface area is 180 Å². The van der Waals surface area contributed by atoms with Crippen molar-refractivity contribution in [2.24, 2.45) is 5.92 Å². The van der Waals surface area contributed by atoms with Crippen LogP contribution < -0.4 is 4.90 Å². The van der Waals surface area contributed by atoms with Crippen LogP contribution in [-0.2, 0) is 11.0 Å². The number of amides is 1. The standard InChI is InChI=1S/C23H29F3N4O/c24-23(25,26)22-27-20-11-5-4-10-19(20)21(28-22)29-13-6-7-17(15-29)12-14-30(16-31)18-8-2-1-3-9-18/h4-5,10-11,16-18H,1-3,6-9,12-15H2. The summed E-state index contributed by atoms with van der Waals surface area (Å²) in [7, 11) is 0. The normalized spacial score (nSPS) is 20.7. The summed E-state index contributed by atoms with van der Waals surface area (Å²) in [5.41, 5.74) is 0.311. The number of alkyl halides is 3. The van der Waals surface area contributed by atoms with E-state index in [0.29, 0.717) is 48.3 Å². The number of rotatable bonds is 6. The lowest BCUT2D eigenvalue weighted by Gasteiger charge is -2.36. The van der Waals surface area contributed by atoms with Crippen molar-refractivity contribution in [2.75, 3.05) is 24.5 Å². The summed E-state index contributed by atoms with van der Waals surface area (Å²) < 4.78 is 40.1. The summed E-state index contributed by atoms with van der Waals surface area (Å²) in [5, 5.41) is 0.646. The van der Waals surface area contributed by atoms with E-state index in [1.54, 1.807) is 24.3 Å². The van der Waals surface area contributed by atoms with E-state index in [4.69, 9.17) is 0 Å². The highest BCUT2D eigenvalue weighted by Crippen LogP contribution is 2.34. The molecule has 168 valence electrons. The zero-order chi connectivity index (χ0) is 21.8. The van der Waals surface area contributed by atoms with E-state index in [2.05, 4.69) is 9.97 Å². The summed E-state index contributed by atoms with van der Waals surface area (Å²) in [6.07, 6.45) is 4.91. The maximum atomic E-state index is 13.4. The maximum Gasteiger partial charge on any atom is 0.451 e. The molecule has 31 heavy (non-hydrogen) atoms. The number of carbonyl (C=O) groups is 1. The van der Waals surface area contributed by atoms with Gasteiger partial charge in [0, 0.05) is 31.1 Å². The summed E-state index contributed by atoms with van der Waals surface area (Å²) in [6, 6.07) is 7.22. The van der Waals surface area contributed by atoms with Crippen LogP contribution in [0.25, 0.3) is 10.9 Å². The van der Waals surface area contributed by atoms with E-state index >= 15 is 0 Å². The van der Waals surface area contributed by atoms with Gasteiger partial charge in [0.25, 0.3) is 0 Å². The van der Waals surface area contributed by atoms with Crippen LogP contribution in [0.3, 0.4) is 0 Å². The highest BCUT2D eigenvalue weighted by molar-refractivity contribution is 5.89. The lowest BCUT2D eigenvalue weighted by molar-refractivity contribution is -0.144. The zero-order valence-electron chi connectivity index (χ0n) is 17.7. The van der Waals surface area contributed by atoms with Crippen molar-refractivity contribution < 1.29 is 18.0 Å². The van der Waals surface area contributed by atoms with Crippen molar-refractivity contribution in [2.45, 2.75) is 63.6 Å². The van der Waals surface area contributed by atoms with Gasteiger partial charge in [-0.2, -0.15) is 13.2 Å². The molecule has 2 fully saturated rings. The molecule has 1 aromatic carbocycles. The van der Waals surface area contributed by atoms with E-state index in [-0.39, 0.29) is 0 Å². The SMILES string of the molecule is O=CN(CCC1CCCN(c2nc(C(F)(F)F)nc3ccccc23)C1)C1CCCCC1. The minimum absolute atomic E-state index is 0.311. The number of carbonyl (C=O) groups excluding carboxylic acids is 1. The molecule has 1 unspecified atom stereocenters. The van der Waals surface area contributed by atoms with Crippen LogP contribution in [0.4, 0.5) is 19.0 Å². The molecule has 1 saturated carbocycles. The van der Waals surface area contributed by atoms with Gasteiger partial charge in [-0.15, -0.1) is 0 Å². The number of benzene rings is 1. The first-order valence-electron chi connectivity index (χ1n) is 11.3. The van der Waals surface area contributed by atoms with Crippen LogP contribution in [0.1, 0.15) is 57.2 Å². The molecule has 5 nitrogen and oxygen atoms in total. The Kier molecular flexibility index (Phi) is 6.62. The van der Waals surface area contributed by atoms with Gasteiger partial charge in [-0.3, -0.25) is 4.79 Å². The number of aromatic nitrogens is 2. The predicted molar refractivity (Wildman–Crippen MR) is 114 cm³/mol. The lowest BCUT2D eigenvalue weighted by atomic mass is 9.92. The van der Waals surface area contributed by atoms with Crippen LogP contribution in [0.2, 0.25) is 0 Å². The minimum Gasteiger partial charge on any atom is -0.356 e. The van der Waals surface area contributed by atoms with E-state index in [1.165, 1.54) is 19.3 Å². The quantitative estimate of drug-likeness (QED) is 0.598. The van der Waals surface area contributed by atoms with Crippen LogP contribution in [0.15, 0.2) is 24.3 Å². The Bertz CT molecular complexity index is 898. The average molecular weight is 435 g/mol. The Hall–Kier alpha value is -2.38. The number of fused-ring (bicyclic) bond motifs is 1. The third kappa shape index (κ3) is 5.10. The molecule has 0 radical (unpaired) electrons. The Morgan fingerprint density at radius 2 is 1.84 bits per heavy atom. The van der Waals surface area contributed by atoms with Crippen molar-refractivity contribution in [1.82, 2.24) is 14.9 Å². The number of hydrogen-bond donors (Lipinski definition) is 0. The Balaban J connectivity index is 1.49. The first-order chi connectivity index (χ1) is 15.0. The molecule has 0 spiro atoms. The van der Waals surface area contributed by atoms with Crippen molar-refractivity contribution in [3.05, 3.63) is 30.1 Å². The topological polar surface area (TPSA) is 49.3 Å². The number of nitrogens with zero attached hydrogens (tertiary/aromatic N) is 4. The predicted octanol–water partition coefficient (Wildman–Crippen LogP) is 5.05. The number of anilines is 1. The number of para-hydroxylation sites is 1. The van der Waals surface area contributed by atoms with Gasteiger partial charge < -0.3 is 9.80 Å². The molecule has 2 aliphatic rings. The molecule has 1 aliphatic heterocycles. The van der Waals surface area contributed by atoms with Gasteiger partial charge in [-0.1, -0.05) is 31.4 Å². The van der Waals surface area contributed by atoms with Crippen LogP contribution in [-0.4, -0.2) is 47.0 Å². The van der Waals surface area contributed by atoms with Crippen molar-refractivity contribution in [3.63, 3.8) is 0 Å². The third-order valence-electron chi connectivity index (χ3n) is 6.63. The fraction of sp³-hybridized carbons (Fsp3) is 0.609. The molecule has 8 heteroatoms. The molecule has 1 aromatic heterocycles. The molecule has 0 N–H and O–H groups in total. The zero-order valence-corrected chi connectivity index (χ0v) is 17.7. The summed E-state index contributed by atoms with van der Waals surface area (Å²) >= 11 is 0. The molecular weight excluding hydrogens is 405 g/mol.